The topological polar surface area (TPSA) is 65.5 Å². The maximum absolute atomic E-state index is 12.6. The molecule has 2 amide bonds. The van der Waals surface area contributed by atoms with Gasteiger partial charge in [0.05, 0.1) is 24.7 Å². The van der Waals surface area contributed by atoms with Crippen LogP contribution in [0.1, 0.15) is 17.8 Å². The van der Waals surface area contributed by atoms with Crippen LogP contribution in [0.3, 0.4) is 0 Å². The molecule has 0 saturated carbocycles. The van der Waals surface area contributed by atoms with Gasteiger partial charge >= 0.3 is 0 Å². The molecule has 1 saturated heterocycles. The standard InChI is InChI=1S/C20H26N4O2S/c1-23(2)13-19(25)24-10-6-9-16(12-24)20(26)21-11-18-22-17(14-27-18)15-7-4-3-5-8-15/h3-5,7-8,14,16H,6,9-13H2,1-2H3,(H,21,26)/t16-/m0/s1. The summed E-state index contributed by atoms with van der Waals surface area (Å²) in [5.74, 6) is -0.0443. The minimum atomic E-state index is -0.140. The Labute approximate surface area is 164 Å². The van der Waals surface area contributed by atoms with E-state index in [1.54, 1.807) is 11.3 Å². The number of likely N-dealkylation sites (tertiary alicyclic amines) is 1. The average molecular weight is 387 g/mol. The fraction of sp³-hybridized carbons (Fsp3) is 0.450. The van der Waals surface area contributed by atoms with Crippen molar-refractivity contribution in [3.8, 4) is 11.3 Å². The molecular formula is C20H26N4O2S. The van der Waals surface area contributed by atoms with E-state index < -0.39 is 0 Å². The predicted molar refractivity (Wildman–Crippen MR) is 107 cm³/mol. The van der Waals surface area contributed by atoms with Crippen molar-refractivity contribution in [1.29, 1.82) is 0 Å². The van der Waals surface area contributed by atoms with E-state index in [2.05, 4.69) is 10.3 Å². The van der Waals surface area contributed by atoms with Gasteiger partial charge in [-0.05, 0) is 26.9 Å². The third-order valence-electron chi connectivity index (χ3n) is 4.63. The normalized spacial score (nSPS) is 17.1. The van der Waals surface area contributed by atoms with Crippen LogP contribution in [0.5, 0.6) is 0 Å². The lowest BCUT2D eigenvalue weighted by Gasteiger charge is -2.32. The van der Waals surface area contributed by atoms with Crippen molar-refractivity contribution in [2.45, 2.75) is 19.4 Å². The van der Waals surface area contributed by atoms with Crippen molar-refractivity contribution in [3.63, 3.8) is 0 Å². The van der Waals surface area contributed by atoms with Gasteiger partial charge in [-0.2, -0.15) is 0 Å². The Balaban J connectivity index is 1.52. The van der Waals surface area contributed by atoms with Crippen LogP contribution in [0.25, 0.3) is 11.3 Å². The number of hydrogen-bond donors (Lipinski definition) is 1. The lowest BCUT2D eigenvalue weighted by Crippen LogP contribution is -2.47. The first-order valence-electron chi connectivity index (χ1n) is 9.23. The van der Waals surface area contributed by atoms with Crippen LogP contribution in [-0.4, -0.2) is 60.3 Å². The van der Waals surface area contributed by atoms with Gasteiger partial charge < -0.3 is 15.1 Å². The molecule has 1 aromatic heterocycles. The Kier molecular flexibility index (Phi) is 6.58. The average Bonchev–Trinajstić information content (AvgIpc) is 3.15. The molecule has 1 N–H and O–H groups in total. The summed E-state index contributed by atoms with van der Waals surface area (Å²) in [6.45, 7) is 2.06. The summed E-state index contributed by atoms with van der Waals surface area (Å²) >= 11 is 1.55. The van der Waals surface area contributed by atoms with Gasteiger partial charge in [0.1, 0.15) is 5.01 Å². The highest BCUT2D eigenvalue weighted by molar-refractivity contribution is 7.09. The van der Waals surface area contributed by atoms with E-state index in [4.69, 9.17) is 0 Å². The van der Waals surface area contributed by atoms with Gasteiger partial charge in [-0.25, -0.2) is 4.98 Å². The van der Waals surface area contributed by atoms with Crippen molar-refractivity contribution in [3.05, 3.63) is 40.7 Å². The second-order valence-electron chi connectivity index (χ2n) is 7.13. The maximum atomic E-state index is 12.6. The molecule has 6 nitrogen and oxygen atoms in total. The number of likely N-dealkylation sites (N-methyl/N-ethyl adjacent to an activating group) is 1. The van der Waals surface area contributed by atoms with E-state index in [0.717, 1.165) is 35.7 Å². The van der Waals surface area contributed by atoms with Crippen LogP contribution in [0, 0.1) is 5.92 Å². The summed E-state index contributed by atoms with van der Waals surface area (Å²) in [5.41, 5.74) is 2.01. The van der Waals surface area contributed by atoms with E-state index in [1.165, 1.54) is 0 Å². The molecule has 1 atom stereocenters. The van der Waals surface area contributed by atoms with E-state index in [-0.39, 0.29) is 17.7 Å². The molecule has 1 aliphatic rings. The highest BCUT2D eigenvalue weighted by atomic mass is 32.1. The molecule has 2 aromatic rings. The number of nitrogens with one attached hydrogen (secondary N) is 1. The molecule has 0 radical (unpaired) electrons. The lowest BCUT2D eigenvalue weighted by atomic mass is 9.97. The van der Waals surface area contributed by atoms with Crippen molar-refractivity contribution in [2.75, 3.05) is 33.7 Å². The van der Waals surface area contributed by atoms with Crippen LogP contribution >= 0.6 is 11.3 Å². The molecule has 0 aliphatic carbocycles. The Morgan fingerprint density at radius 3 is 2.81 bits per heavy atom. The van der Waals surface area contributed by atoms with E-state index in [9.17, 15) is 9.59 Å². The molecule has 0 unspecified atom stereocenters. The molecule has 1 aromatic carbocycles. The quantitative estimate of drug-likeness (QED) is 0.827. The largest absolute Gasteiger partial charge is 0.349 e. The number of rotatable bonds is 6. The molecule has 1 fully saturated rings. The van der Waals surface area contributed by atoms with Crippen molar-refractivity contribution in [1.82, 2.24) is 20.1 Å². The van der Waals surface area contributed by atoms with Crippen molar-refractivity contribution < 1.29 is 9.59 Å². The number of carbonyl (C=O) groups excluding carboxylic acids is 2. The second kappa shape index (κ2) is 9.10. The summed E-state index contributed by atoms with van der Waals surface area (Å²) in [5, 5.41) is 5.89. The zero-order valence-corrected chi connectivity index (χ0v) is 16.7. The second-order valence-corrected chi connectivity index (χ2v) is 8.07. The summed E-state index contributed by atoms with van der Waals surface area (Å²) in [6.07, 6.45) is 1.69. The summed E-state index contributed by atoms with van der Waals surface area (Å²) in [4.78, 5) is 33.1. The molecule has 2 heterocycles. The summed E-state index contributed by atoms with van der Waals surface area (Å²) in [6, 6.07) is 10.0. The van der Waals surface area contributed by atoms with Gasteiger partial charge in [-0.15, -0.1) is 11.3 Å². The summed E-state index contributed by atoms with van der Waals surface area (Å²) in [7, 11) is 3.76. The Morgan fingerprint density at radius 2 is 2.07 bits per heavy atom. The molecule has 27 heavy (non-hydrogen) atoms. The highest BCUT2D eigenvalue weighted by Crippen LogP contribution is 2.22. The fourth-order valence-electron chi connectivity index (χ4n) is 3.23. The number of amides is 2. The Bertz CT molecular complexity index is 775. The lowest BCUT2D eigenvalue weighted by molar-refractivity contribution is -0.136. The number of piperidine rings is 1. The number of thiazole rings is 1. The first-order chi connectivity index (χ1) is 13.0. The monoisotopic (exact) mass is 386 g/mol. The van der Waals surface area contributed by atoms with E-state index >= 15 is 0 Å². The van der Waals surface area contributed by atoms with Crippen LogP contribution in [0.2, 0.25) is 0 Å². The molecule has 0 spiro atoms. The first-order valence-corrected chi connectivity index (χ1v) is 10.1. The number of aromatic nitrogens is 1. The zero-order chi connectivity index (χ0) is 19.2. The predicted octanol–water partition coefficient (Wildman–Crippen LogP) is 2.23. The molecule has 1 aliphatic heterocycles. The van der Waals surface area contributed by atoms with E-state index in [1.807, 2.05) is 59.6 Å². The minimum Gasteiger partial charge on any atom is -0.349 e. The number of hydrogen-bond acceptors (Lipinski definition) is 5. The smallest absolute Gasteiger partial charge is 0.236 e. The van der Waals surface area contributed by atoms with Crippen molar-refractivity contribution >= 4 is 23.2 Å². The Hall–Kier alpha value is -2.25. The van der Waals surface area contributed by atoms with Crippen LogP contribution in [0.4, 0.5) is 0 Å². The zero-order valence-electron chi connectivity index (χ0n) is 15.9. The van der Waals surface area contributed by atoms with Crippen LogP contribution < -0.4 is 5.32 Å². The SMILES string of the molecule is CN(C)CC(=O)N1CCC[C@H](C(=O)NCc2nc(-c3ccccc3)cs2)C1. The molecule has 7 heteroatoms. The number of nitrogens with zero attached hydrogens (tertiary/aromatic N) is 3. The molecular weight excluding hydrogens is 360 g/mol. The van der Waals surface area contributed by atoms with Crippen molar-refractivity contribution in [2.24, 2.45) is 5.92 Å². The minimum absolute atomic E-state index is 0.00816. The summed E-state index contributed by atoms with van der Waals surface area (Å²) < 4.78 is 0. The highest BCUT2D eigenvalue weighted by Gasteiger charge is 2.28. The van der Waals surface area contributed by atoms with Gasteiger partial charge in [-0.3, -0.25) is 9.59 Å². The van der Waals surface area contributed by atoms with E-state index in [0.29, 0.717) is 19.6 Å². The van der Waals surface area contributed by atoms with Gasteiger partial charge in [-0.1, -0.05) is 30.3 Å². The van der Waals surface area contributed by atoms with Gasteiger partial charge in [0.2, 0.25) is 11.8 Å². The van der Waals surface area contributed by atoms with Gasteiger partial charge in [0.25, 0.3) is 0 Å². The molecule has 144 valence electrons. The maximum Gasteiger partial charge on any atom is 0.236 e. The van der Waals surface area contributed by atoms with Crippen LogP contribution in [-0.2, 0) is 16.1 Å². The molecule has 0 bridgehead atoms. The van der Waals surface area contributed by atoms with Gasteiger partial charge in [0, 0.05) is 24.0 Å². The Morgan fingerprint density at radius 1 is 1.30 bits per heavy atom. The third-order valence-corrected chi connectivity index (χ3v) is 5.48. The number of benzene rings is 1. The number of carbonyl (C=O) groups is 2. The van der Waals surface area contributed by atoms with Crippen LogP contribution in [0.15, 0.2) is 35.7 Å². The van der Waals surface area contributed by atoms with Gasteiger partial charge in [0.15, 0.2) is 0 Å². The third kappa shape index (κ3) is 5.37. The first kappa shape index (κ1) is 19.5. The fourth-order valence-corrected chi connectivity index (χ4v) is 3.97. The molecule has 3 rings (SSSR count).